The fraction of sp³-hybridized carbons (Fsp3) is 0.167. The predicted molar refractivity (Wildman–Crippen MR) is 132 cm³/mol. The number of thioether (sulfide) groups is 1. The fourth-order valence-electron chi connectivity index (χ4n) is 2.85. The Morgan fingerprint density at radius 1 is 0.906 bits per heavy atom. The Balaban J connectivity index is 1.59. The number of rotatable bonds is 8. The molecular formula is C24H23BrN2O4S. The van der Waals surface area contributed by atoms with Crippen molar-refractivity contribution in [2.24, 2.45) is 0 Å². The maximum atomic E-state index is 12.6. The molecule has 0 radical (unpaired) electrons. The van der Waals surface area contributed by atoms with E-state index >= 15 is 0 Å². The lowest BCUT2D eigenvalue weighted by atomic mass is 10.2. The second-order valence-corrected chi connectivity index (χ2v) is 9.05. The molecule has 0 spiro atoms. The van der Waals surface area contributed by atoms with Gasteiger partial charge in [0.1, 0.15) is 0 Å². The Hall–Kier alpha value is -2.97. The number of carbonyl (C=O) groups is 2. The van der Waals surface area contributed by atoms with Gasteiger partial charge in [0.05, 0.1) is 25.2 Å². The maximum Gasteiger partial charge on any atom is 0.255 e. The first-order valence-corrected chi connectivity index (χ1v) is 11.4. The third-order valence-electron chi connectivity index (χ3n) is 4.57. The highest BCUT2D eigenvalue weighted by Gasteiger charge is 2.16. The number of benzene rings is 3. The van der Waals surface area contributed by atoms with Crippen molar-refractivity contribution < 1.29 is 19.1 Å². The largest absolute Gasteiger partial charge is 0.493 e. The van der Waals surface area contributed by atoms with Crippen LogP contribution in [0.3, 0.4) is 0 Å². The summed E-state index contributed by atoms with van der Waals surface area (Å²) in [7, 11) is 3.07. The summed E-state index contributed by atoms with van der Waals surface area (Å²) in [6, 6.07) is 19.8. The van der Waals surface area contributed by atoms with Gasteiger partial charge in [0.25, 0.3) is 5.91 Å². The summed E-state index contributed by atoms with van der Waals surface area (Å²) in [6.45, 7) is 1.85. The molecule has 3 rings (SSSR count). The van der Waals surface area contributed by atoms with E-state index < -0.39 is 0 Å². The van der Waals surface area contributed by atoms with Crippen LogP contribution in [-0.2, 0) is 4.79 Å². The lowest BCUT2D eigenvalue weighted by Gasteiger charge is -2.13. The Kier molecular flexibility index (Phi) is 8.19. The summed E-state index contributed by atoms with van der Waals surface area (Å²) in [4.78, 5) is 26.0. The third kappa shape index (κ3) is 6.05. The molecule has 0 aliphatic heterocycles. The molecule has 1 atom stereocenters. The van der Waals surface area contributed by atoms with Crippen LogP contribution in [0, 0.1) is 0 Å². The molecule has 0 fully saturated rings. The van der Waals surface area contributed by atoms with E-state index in [0.29, 0.717) is 22.7 Å². The highest BCUT2D eigenvalue weighted by atomic mass is 79.9. The zero-order valence-corrected chi connectivity index (χ0v) is 20.2. The average Bonchev–Trinajstić information content (AvgIpc) is 2.81. The van der Waals surface area contributed by atoms with Crippen molar-refractivity contribution in [2.45, 2.75) is 17.1 Å². The Labute approximate surface area is 199 Å². The van der Waals surface area contributed by atoms with Gasteiger partial charge in [-0.15, -0.1) is 11.8 Å². The highest BCUT2D eigenvalue weighted by molar-refractivity contribution is 9.10. The zero-order chi connectivity index (χ0) is 23.1. The molecule has 0 saturated heterocycles. The van der Waals surface area contributed by atoms with Crippen molar-refractivity contribution in [2.75, 3.05) is 24.9 Å². The van der Waals surface area contributed by atoms with Crippen LogP contribution in [0.1, 0.15) is 17.3 Å². The summed E-state index contributed by atoms with van der Waals surface area (Å²) in [5.74, 6) is 0.699. The summed E-state index contributed by atoms with van der Waals surface area (Å²) < 4.78 is 11.3. The molecule has 0 aliphatic carbocycles. The van der Waals surface area contributed by atoms with Gasteiger partial charge in [-0.25, -0.2) is 0 Å². The Bertz CT molecular complexity index is 1110. The Morgan fingerprint density at radius 3 is 2.25 bits per heavy atom. The molecule has 0 heterocycles. The van der Waals surface area contributed by atoms with E-state index in [4.69, 9.17) is 9.47 Å². The summed E-state index contributed by atoms with van der Waals surface area (Å²) in [6.07, 6.45) is 0. The van der Waals surface area contributed by atoms with Gasteiger partial charge in [0.2, 0.25) is 5.91 Å². The molecule has 6 nitrogen and oxygen atoms in total. The van der Waals surface area contributed by atoms with E-state index in [9.17, 15) is 9.59 Å². The van der Waals surface area contributed by atoms with Crippen LogP contribution in [-0.4, -0.2) is 31.3 Å². The molecule has 1 unspecified atom stereocenters. The molecule has 8 heteroatoms. The molecule has 0 aromatic heterocycles. The smallest absolute Gasteiger partial charge is 0.255 e. The minimum Gasteiger partial charge on any atom is -0.493 e. The second-order valence-electron chi connectivity index (χ2n) is 6.78. The van der Waals surface area contributed by atoms with Crippen molar-refractivity contribution in [3.63, 3.8) is 0 Å². The first kappa shape index (κ1) is 23.7. The number of anilines is 2. The van der Waals surface area contributed by atoms with E-state index in [-0.39, 0.29) is 17.1 Å². The number of carbonyl (C=O) groups excluding carboxylic acids is 2. The van der Waals surface area contributed by atoms with Crippen LogP contribution in [0.2, 0.25) is 0 Å². The second kappa shape index (κ2) is 11.1. The topological polar surface area (TPSA) is 76.7 Å². The molecule has 0 bridgehead atoms. The number of amides is 2. The molecule has 2 amide bonds. The van der Waals surface area contributed by atoms with Gasteiger partial charge in [-0.1, -0.05) is 12.1 Å². The number of methoxy groups -OCH3 is 2. The van der Waals surface area contributed by atoms with Crippen molar-refractivity contribution >= 4 is 50.9 Å². The van der Waals surface area contributed by atoms with E-state index in [1.807, 2.05) is 43.3 Å². The molecule has 3 aromatic rings. The maximum absolute atomic E-state index is 12.6. The average molecular weight is 515 g/mol. The number of halogens is 1. The van der Waals surface area contributed by atoms with Gasteiger partial charge in [-0.05, 0) is 77.5 Å². The highest BCUT2D eigenvalue weighted by Crippen LogP contribution is 2.29. The van der Waals surface area contributed by atoms with Gasteiger partial charge in [0.15, 0.2) is 11.5 Å². The van der Waals surface area contributed by atoms with E-state index in [0.717, 1.165) is 15.1 Å². The molecule has 0 saturated carbocycles. The molecular weight excluding hydrogens is 492 g/mol. The van der Waals surface area contributed by atoms with Crippen LogP contribution in [0.25, 0.3) is 0 Å². The summed E-state index contributed by atoms with van der Waals surface area (Å²) >= 11 is 4.87. The minimum atomic E-state index is -0.297. The van der Waals surface area contributed by atoms with Crippen molar-refractivity contribution in [1.29, 1.82) is 0 Å². The number of para-hydroxylation sites is 1. The summed E-state index contributed by atoms with van der Waals surface area (Å²) in [5.41, 5.74) is 1.84. The lowest BCUT2D eigenvalue weighted by Crippen LogP contribution is -2.22. The van der Waals surface area contributed by atoms with Crippen molar-refractivity contribution in [1.82, 2.24) is 0 Å². The standard InChI is InChI=1S/C24H23BrN2O4S/c1-15(23(28)27-20-7-5-4-6-19(20)25)32-18-11-9-17(10-12-18)26-24(29)16-8-13-21(30-2)22(14-16)31-3/h4-15H,1-3H3,(H,26,29)(H,27,28). The lowest BCUT2D eigenvalue weighted by molar-refractivity contribution is -0.115. The van der Waals surface area contributed by atoms with Gasteiger partial charge in [0, 0.05) is 20.6 Å². The molecule has 3 aromatic carbocycles. The number of hydrogen-bond donors (Lipinski definition) is 2. The van der Waals surface area contributed by atoms with Gasteiger partial charge < -0.3 is 20.1 Å². The van der Waals surface area contributed by atoms with Crippen LogP contribution < -0.4 is 20.1 Å². The molecule has 166 valence electrons. The Morgan fingerprint density at radius 2 is 1.59 bits per heavy atom. The normalized spacial score (nSPS) is 11.4. The quantitative estimate of drug-likeness (QED) is 0.369. The minimum absolute atomic E-state index is 0.0901. The van der Waals surface area contributed by atoms with Crippen LogP contribution >= 0.6 is 27.7 Å². The third-order valence-corrected chi connectivity index (χ3v) is 6.38. The summed E-state index contributed by atoms with van der Waals surface area (Å²) in [5, 5.41) is 5.48. The molecule has 32 heavy (non-hydrogen) atoms. The predicted octanol–water partition coefficient (Wildman–Crippen LogP) is 5.84. The SMILES string of the molecule is COc1ccc(C(=O)Nc2ccc(SC(C)C(=O)Nc3ccccc3Br)cc2)cc1OC. The zero-order valence-electron chi connectivity index (χ0n) is 17.8. The first-order chi connectivity index (χ1) is 15.4. The number of hydrogen-bond acceptors (Lipinski definition) is 5. The number of ether oxygens (including phenoxy) is 2. The van der Waals surface area contributed by atoms with E-state index in [1.165, 1.54) is 18.9 Å². The number of nitrogens with one attached hydrogen (secondary N) is 2. The van der Waals surface area contributed by atoms with Crippen molar-refractivity contribution in [3.05, 3.63) is 76.8 Å². The van der Waals surface area contributed by atoms with Crippen LogP contribution in [0.15, 0.2) is 76.1 Å². The molecule has 2 N–H and O–H groups in total. The van der Waals surface area contributed by atoms with Gasteiger partial charge in [-0.2, -0.15) is 0 Å². The first-order valence-electron chi connectivity index (χ1n) is 9.76. The van der Waals surface area contributed by atoms with E-state index in [2.05, 4.69) is 26.6 Å². The fourth-order valence-corrected chi connectivity index (χ4v) is 4.10. The van der Waals surface area contributed by atoms with Gasteiger partial charge in [-0.3, -0.25) is 9.59 Å². The van der Waals surface area contributed by atoms with Crippen LogP contribution in [0.4, 0.5) is 11.4 Å². The van der Waals surface area contributed by atoms with Crippen molar-refractivity contribution in [3.8, 4) is 11.5 Å². The molecule has 0 aliphatic rings. The van der Waals surface area contributed by atoms with Crippen LogP contribution in [0.5, 0.6) is 11.5 Å². The monoisotopic (exact) mass is 514 g/mol. The van der Waals surface area contributed by atoms with E-state index in [1.54, 1.807) is 37.4 Å². The van der Waals surface area contributed by atoms with Gasteiger partial charge >= 0.3 is 0 Å².